The third-order valence-electron chi connectivity index (χ3n) is 2.37. The molecule has 2 N–H and O–H groups in total. The van der Waals surface area contributed by atoms with E-state index in [-0.39, 0.29) is 0 Å². The number of aromatic nitrogens is 1. The number of aryl methyl sites for hydroxylation is 1. The van der Waals surface area contributed by atoms with Gasteiger partial charge in [0, 0.05) is 23.2 Å². The highest BCUT2D eigenvalue weighted by atomic mass is 32.1. The summed E-state index contributed by atoms with van der Waals surface area (Å²) in [5, 5.41) is 1.08. The van der Waals surface area contributed by atoms with Crippen LogP contribution in [0.3, 0.4) is 0 Å². The van der Waals surface area contributed by atoms with Gasteiger partial charge in [0.25, 0.3) is 0 Å². The molecule has 0 aliphatic heterocycles. The lowest BCUT2D eigenvalue weighted by Gasteiger charge is -2.03. The van der Waals surface area contributed by atoms with Crippen molar-refractivity contribution in [1.29, 1.82) is 0 Å². The van der Waals surface area contributed by atoms with E-state index in [0.29, 0.717) is 6.54 Å². The monoisotopic (exact) mass is 218 g/mol. The predicted octanol–water partition coefficient (Wildman–Crippen LogP) is 2.83. The molecule has 2 rings (SSSR count). The minimum atomic E-state index is 0.567. The molecule has 3 heteroatoms. The molecule has 0 aliphatic rings. The smallest absolute Gasteiger partial charge is 0.123 e. The van der Waals surface area contributed by atoms with Crippen LogP contribution in [0, 0.1) is 0 Å². The zero-order chi connectivity index (χ0) is 10.7. The van der Waals surface area contributed by atoms with Gasteiger partial charge in [0.05, 0.1) is 0 Å². The molecule has 0 saturated carbocycles. The summed E-state index contributed by atoms with van der Waals surface area (Å²) >= 11 is 1.75. The second-order valence-electron chi connectivity index (χ2n) is 3.35. The molecule has 1 aromatic carbocycles. The van der Waals surface area contributed by atoms with Crippen molar-refractivity contribution in [3.8, 4) is 10.6 Å². The lowest BCUT2D eigenvalue weighted by Crippen LogP contribution is -1.98. The van der Waals surface area contributed by atoms with Crippen LogP contribution in [0.15, 0.2) is 30.5 Å². The molecule has 2 aromatic rings. The molecule has 1 aromatic heterocycles. The fraction of sp³-hybridized carbons (Fsp3) is 0.250. The van der Waals surface area contributed by atoms with Crippen LogP contribution in [-0.2, 0) is 13.0 Å². The van der Waals surface area contributed by atoms with E-state index in [1.807, 2.05) is 18.3 Å². The number of hydrogen-bond donors (Lipinski definition) is 1. The van der Waals surface area contributed by atoms with Gasteiger partial charge < -0.3 is 5.73 Å². The number of benzene rings is 1. The molecule has 0 unspecified atom stereocenters. The molecule has 0 saturated heterocycles. The Kier molecular flexibility index (Phi) is 3.14. The summed E-state index contributed by atoms with van der Waals surface area (Å²) < 4.78 is 0. The molecule has 0 bridgehead atoms. The van der Waals surface area contributed by atoms with Gasteiger partial charge >= 0.3 is 0 Å². The van der Waals surface area contributed by atoms with Gasteiger partial charge in [-0.2, -0.15) is 0 Å². The maximum atomic E-state index is 5.70. The van der Waals surface area contributed by atoms with Crippen LogP contribution in [-0.4, -0.2) is 4.98 Å². The van der Waals surface area contributed by atoms with Crippen LogP contribution in [0.4, 0.5) is 0 Å². The van der Waals surface area contributed by atoms with Crippen molar-refractivity contribution >= 4 is 11.3 Å². The van der Waals surface area contributed by atoms with Crippen LogP contribution in [0.25, 0.3) is 10.6 Å². The number of thiazole rings is 1. The lowest BCUT2D eigenvalue weighted by atomic mass is 10.1. The highest BCUT2D eigenvalue weighted by Crippen LogP contribution is 2.27. The molecule has 0 atom stereocenters. The van der Waals surface area contributed by atoms with Gasteiger partial charge in [0.1, 0.15) is 5.01 Å². The lowest BCUT2D eigenvalue weighted by molar-refractivity contribution is 1.07. The van der Waals surface area contributed by atoms with E-state index in [2.05, 4.69) is 24.0 Å². The molecular formula is C12H14N2S. The molecule has 0 fully saturated rings. The Hall–Kier alpha value is -1.19. The fourth-order valence-electron chi connectivity index (χ4n) is 1.50. The van der Waals surface area contributed by atoms with Crippen molar-refractivity contribution < 1.29 is 0 Å². The van der Waals surface area contributed by atoms with E-state index in [1.54, 1.807) is 11.3 Å². The van der Waals surface area contributed by atoms with E-state index in [9.17, 15) is 0 Å². The van der Waals surface area contributed by atoms with Crippen molar-refractivity contribution in [1.82, 2.24) is 4.98 Å². The maximum Gasteiger partial charge on any atom is 0.123 e. The number of nitrogens with zero attached hydrogens (tertiary/aromatic N) is 1. The van der Waals surface area contributed by atoms with E-state index in [4.69, 9.17) is 5.73 Å². The zero-order valence-corrected chi connectivity index (χ0v) is 9.55. The Morgan fingerprint density at radius 1 is 1.33 bits per heavy atom. The zero-order valence-electron chi connectivity index (χ0n) is 8.73. The fourth-order valence-corrected chi connectivity index (χ4v) is 2.42. The van der Waals surface area contributed by atoms with Crippen molar-refractivity contribution in [3.63, 3.8) is 0 Å². The predicted molar refractivity (Wildman–Crippen MR) is 64.8 cm³/mol. The highest BCUT2D eigenvalue weighted by Gasteiger charge is 2.07. The summed E-state index contributed by atoms with van der Waals surface area (Å²) in [4.78, 5) is 5.75. The summed E-state index contributed by atoms with van der Waals surface area (Å²) in [6.07, 6.45) is 3.00. The summed E-state index contributed by atoms with van der Waals surface area (Å²) in [5.41, 5.74) is 8.04. The standard InChI is InChI=1S/C12H14N2S/c1-2-10-8-14-12(15-10)11-6-4-3-5-9(11)7-13/h3-6,8H,2,7,13H2,1H3. The van der Waals surface area contributed by atoms with Crippen molar-refractivity contribution in [2.75, 3.05) is 0 Å². The summed E-state index contributed by atoms with van der Waals surface area (Å²) in [5.74, 6) is 0. The average Bonchev–Trinajstić information content (AvgIpc) is 2.77. The molecule has 0 aliphatic carbocycles. The third-order valence-corrected chi connectivity index (χ3v) is 3.54. The second-order valence-corrected chi connectivity index (χ2v) is 4.46. The molecule has 2 nitrogen and oxygen atoms in total. The van der Waals surface area contributed by atoms with E-state index in [1.165, 1.54) is 10.4 Å². The van der Waals surface area contributed by atoms with Crippen molar-refractivity contribution in [3.05, 3.63) is 40.9 Å². The van der Waals surface area contributed by atoms with Gasteiger partial charge in [0.2, 0.25) is 0 Å². The quantitative estimate of drug-likeness (QED) is 0.860. The van der Waals surface area contributed by atoms with Gasteiger partial charge in [-0.15, -0.1) is 11.3 Å². The van der Waals surface area contributed by atoms with Gasteiger partial charge in [0.15, 0.2) is 0 Å². The molecule has 0 radical (unpaired) electrons. The third kappa shape index (κ3) is 2.08. The van der Waals surface area contributed by atoms with Crippen molar-refractivity contribution in [2.24, 2.45) is 5.73 Å². The molecule has 0 amide bonds. The van der Waals surface area contributed by atoms with E-state index in [0.717, 1.165) is 17.0 Å². The minimum absolute atomic E-state index is 0.567. The first-order chi connectivity index (χ1) is 7.35. The van der Waals surface area contributed by atoms with Gasteiger partial charge in [-0.3, -0.25) is 0 Å². The molecule has 78 valence electrons. The second kappa shape index (κ2) is 4.55. The summed E-state index contributed by atoms with van der Waals surface area (Å²) in [7, 11) is 0. The van der Waals surface area contributed by atoms with Crippen LogP contribution >= 0.6 is 11.3 Å². The Labute approximate surface area is 93.8 Å². The van der Waals surface area contributed by atoms with Crippen LogP contribution < -0.4 is 5.73 Å². The summed E-state index contributed by atoms with van der Waals surface area (Å²) in [6, 6.07) is 8.18. The molecule has 0 spiro atoms. The Bertz CT molecular complexity index is 448. The SMILES string of the molecule is CCc1cnc(-c2ccccc2CN)s1. The Morgan fingerprint density at radius 3 is 2.80 bits per heavy atom. The molecule has 1 heterocycles. The number of nitrogens with two attached hydrogens (primary N) is 1. The first-order valence-corrected chi connectivity index (χ1v) is 5.90. The van der Waals surface area contributed by atoms with Crippen LogP contribution in [0.5, 0.6) is 0 Å². The topological polar surface area (TPSA) is 38.9 Å². The Morgan fingerprint density at radius 2 is 2.13 bits per heavy atom. The van der Waals surface area contributed by atoms with E-state index >= 15 is 0 Å². The number of hydrogen-bond acceptors (Lipinski definition) is 3. The first-order valence-electron chi connectivity index (χ1n) is 5.08. The molecule has 15 heavy (non-hydrogen) atoms. The average molecular weight is 218 g/mol. The maximum absolute atomic E-state index is 5.70. The first kappa shape index (κ1) is 10.3. The van der Waals surface area contributed by atoms with E-state index < -0.39 is 0 Å². The van der Waals surface area contributed by atoms with Gasteiger partial charge in [-0.1, -0.05) is 31.2 Å². The van der Waals surface area contributed by atoms with Crippen LogP contribution in [0.1, 0.15) is 17.4 Å². The minimum Gasteiger partial charge on any atom is -0.326 e. The largest absolute Gasteiger partial charge is 0.326 e. The van der Waals surface area contributed by atoms with Gasteiger partial charge in [-0.25, -0.2) is 4.98 Å². The van der Waals surface area contributed by atoms with Crippen LogP contribution in [0.2, 0.25) is 0 Å². The van der Waals surface area contributed by atoms with Gasteiger partial charge in [-0.05, 0) is 12.0 Å². The van der Waals surface area contributed by atoms with Crippen molar-refractivity contribution in [2.45, 2.75) is 19.9 Å². The normalized spacial score (nSPS) is 10.5. The summed E-state index contributed by atoms with van der Waals surface area (Å²) in [6.45, 7) is 2.71. The molecular weight excluding hydrogens is 204 g/mol. The number of rotatable bonds is 3. The Balaban J connectivity index is 2.44. The highest BCUT2D eigenvalue weighted by molar-refractivity contribution is 7.15.